The fourth-order valence-corrected chi connectivity index (χ4v) is 3.98. The van der Waals surface area contributed by atoms with Crippen LogP contribution in [0.1, 0.15) is 25.7 Å². The van der Waals surface area contributed by atoms with Gasteiger partial charge in [-0.3, -0.25) is 13.9 Å². The number of hydrogen-bond acceptors (Lipinski definition) is 5. The second kappa shape index (κ2) is 8.02. The molecule has 156 valence electrons. The van der Waals surface area contributed by atoms with Crippen molar-refractivity contribution in [3.8, 4) is 5.69 Å². The summed E-state index contributed by atoms with van der Waals surface area (Å²) in [5.74, 6) is -0.266. The maximum atomic E-state index is 13.2. The average molecular weight is 415 g/mol. The molecule has 0 radical (unpaired) electrons. The number of hydrogen-bond donors (Lipinski definition) is 1. The molecule has 2 aromatic carbocycles. The van der Waals surface area contributed by atoms with Gasteiger partial charge in [-0.05, 0) is 72.5 Å². The number of tetrazole rings is 1. The topological polar surface area (TPSA) is 99.6 Å². The molecule has 31 heavy (non-hydrogen) atoms. The van der Waals surface area contributed by atoms with Gasteiger partial charge in [-0.15, -0.1) is 5.10 Å². The highest BCUT2D eigenvalue weighted by atomic mass is 16.2. The molecule has 1 N–H and O–H groups in total. The van der Waals surface area contributed by atoms with Crippen LogP contribution in [0.5, 0.6) is 0 Å². The molecule has 9 heteroatoms. The van der Waals surface area contributed by atoms with Crippen LogP contribution in [0.3, 0.4) is 0 Å². The van der Waals surface area contributed by atoms with E-state index in [0.717, 1.165) is 48.1 Å². The van der Waals surface area contributed by atoms with Gasteiger partial charge in [-0.25, -0.2) is 9.48 Å². The molecule has 0 atom stereocenters. The zero-order valence-electron chi connectivity index (χ0n) is 16.8. The number of rotatable bonds is 5. The number of amides is 1. The van der Waals surface area contributed by atoms with E-state index in [1.807, 2.05) is 24.3 Å². The van der Waals surface area contributed by atoms with Crippen LogP contribution in [-0.2, 0) is 11.3 Å². The predicted octanol–water partition coefficient (Wildman–Crippen LogP) is 2.83. The summed E-state index contributed by atoms with van der Waals surface area (Å²) in [6, 6.07) is 14.8. The van der Waals surface area contributed by atoms with E-state index < -0.39 is 0 Å². The SMILES string of the molecule is O=C(Cn1c(=O)n(C2=CCCCC2)c2ccccc21)Nc1ccc(-n2cnnn2)cc1. The Hall–Kier alpha value is -4.01. The van der Waals surface area contributed by atoms with Crippen molar-refractivity contribution in [2.75, 3.05) is 5.32 Å². The third-order valence-electron chi connectivity index (χ3n) is 5.46. The van der Waals surface area contributed by atoms with Crippen LogP contribution in [0.25, 0.3) is 22.4 Å². The Morgan fingerprint density at radius 3 is 2.55 bits per heavy atom. The van der Waals surface area contributed by atoms with Gasteiger partial charge in [0.2, 0.25) is 5.91 Å². The minimum Gasteiger partial charge on any atom is -0.325 e. The molecule has 0 saturated carbocycles. The molecule has 9 nitrogen and oxygen atoms in total. The number of imidazole rings is 1. The van der Waals surface area contributed by atoms with Gasteiger partial charge >= 0.3 is 5.69 Å². The summed E-state index contributed by atoms with van der Waals surface area (Å²) in [7, 11) is 0. The quantitative estimate of drug-likeness (QED) is 0.540. The lowest BCUT2D eigenvalue weighted by Gasteiger charge is -2.13. The van der Waals surface area contributed by atoms with Gasteiger partial charge in [0, 0.05) is 11.4 Å². The molecule has 0 aliphatic heterocycles. The van der Waals surface area contributed by atoms with Gasteiger partial charge in [0.05, 0.1) is 16.7 Å². The third-order valence-corrected chi connectivity index (χ3v) is 5.46. The van der Waals surface area contributed by atoms with Crippen molar-refractivity contribution in [2.24, 2.45) is 0 Å². The fourth-order valence-electron chi connectivity index (χ4n) is 3.98. The molecule has 0 bridgehead atoms. The molecular weight excluding hydrogens is 394 g/mol. The Kier molecular flexibility index (Phi) is 4.91. The van der Waals surface area contributed by atoms with Gasteiger partial charge in [-0.1, -0.05) is 18.2 Å². The maximum Gasteiger partial charge on any atom is 0.333 e. The van der Waals surface area contributed by atoms with E-state index in [1.165, 1.54) is 15.6 Å². The van der Waals surface area contributed by atoms with Crippen LogP contribution in [-0.4, -0.2) is 35.2 Å². The molecule has 1 amide bonds. The normalized spacial score (nSPS) is 13.9. The number of anilines is 1. The second-order valence-corrected chi connectivity index (χ2v) is 7.48. The van der Waals surface area contributed by atoms with Crippen LogP contribution in [0.4, 0.5) is 5.69 Å². The molecule has 0 fully saturated rings. The first-order valence-electron chi connectivity index (χ1n) is 10.2. The van der Waals surface area contributed by atoms with Crippen molar-refractivity contribution in [1.82, 2.24) is 29.3 Å². The number of allylic oxidation sites excluding steroid dienone is 2. The lowest BCUT2D eigenvalue weighted by Crippen LogP contribution is -2.29. The van der Waals surface area contributed by atoms with Gasteiger partial charge < -0.3 is 5.32 Å². The van der Waals surface area contributed by atoms with Gasteiger partial charge in [0.25, 0.3) is 0 Å². The van der Waals surface area contributed by atoms with Crippen LogP contribution in [0.15, 0.2) is 65.7 Å². The summed E-state index contributed by atoms with van der Waals surface area (Å²) in [6.07, 6.45) is 7.69. The number of para-hydroxylation sites is 2. The van der Waals surface area contributed by atoms with E-state index in [4.69, 9.17) is 0 Å². The smallest absolute Gasteiger partial charge is 0.325 e. The number of benzene rings is 2. The van der Waals surface area contributed by atoms with Crippen molar-refractivity contribution >= 4 is 28.3 Å². The van der Waals surface area contributed by atoms with Crippen molar-refractivity contribution in [3.05, 3.63) is 71.4 Å². The lowest BCUT2D eigenvalue weighted by molar-refractivity contribution is -0.116. The first kappa shape index (κ1) is 19.0. The molecule has 4 aromatic rings. The average Bonchev–Trinajstić information content (AvgIpc) is 3.42. The summed E-state index contributed by atoms with van der Waals surface area (Å²) in [4.78, 5) is 26.0. The Bertz CT molecular complexity index is 1310. The van der Waals surface area contributed by atoms with Crippen molar-refractivity contribution < 1.29 is 4.79 Å². The Morgan fingerprint density at radius 2 is 1.84 bits per heavy atom. The molecule has 1 aliphatic rings. The number of nitrogens with zero attached hydrogens (tertiary/aromatic N) is 6. The summed E-state index contributed by atoms with van der Waals surface area (Å²) in [5, 5.41) is 13.9. The van der Waals surface area contributed by atoms with E-state index in [2.05, 4.69) is 26.9 Å². The zero-order valence-corrected chi connectivity index (χ0v) is 16.8. The summed E-state index contributed by atoms with van der Waals surface area (Å²) in [6.45, 7) is -0.0611. The van der Waals surface area contributed by atoms with E-state index in [9.17, 15) is 9.59 Å². The molecule has 2 aromatic heterocycles. The minimum atomic E-state index is -0.266. The molecule has 0 saturated heterocycles. The standard InChI is InChI=1S/C22H21N7O2/c30-21(24-16-10-12-17(13-11-16)28-15-23-25-26-28)14-27-19-8-4-5-9-20(19)29(22(27)31)18-6-2-1-3-7-18/h4-6,8-13,15H,1-3,7,14H2,(H,24,30). The Morgan fingerprint density at radius 1 is 1.03 bits per heavy atom. The number of aromatic nitrogens is 6. The number of fused-ring (bicyclic) bond motifs is 1. The highest BCUT2D eigenvalue weighted by Crippen LogP contribution is 2.24. The van der Waals surface area contributed by atoms with E-state index >= 15 is 0 Å². The second-order valence-electron chi connectivity index (χ2n) is 7.48. The molecule has 2 heterocycles. The van der Waals surface area contributed by atoms with Gasteiger partial charge in [0.15, 0.2) is 0 Å². The van der Waals surface area contributed by atoms with Crippen LogP contribution in [0.2, 0.25) is 0 Å². The lowest BCUT2D eigenvalue weighted by atomic mass is 10.0. The zero-order chi connectivity index (χ0) is 21.2. The van der Waals surface area contributed by atoms with E-state index in [-0.39, 0.29) is 18.1 Å². The van der Waals surface area contributed by atoms with Gasteiger partial charge in [-0.2, -0.15) is 0 Å². The Labute approximate surface area is 177 Å². The summed E-state index contributed by atoms with van der Waals surface area (Å²) in [5.41, 5.74) is 3.84. The molecule has 0 unspecified atom stereocenters. The maximum absolute atomic E-state index is 13.2. The molecule has 5 rings (SSSR count). The Balaban J connectivity index is 1.40. The first-order valence-corrected chi connectivity index (χ1v) is 10.2. The minimum absolute atomic E-state index is 0.0611. The van der Waals surface area contributed by atoms with Crippen LogP contribution in [0, 0.1) is 0 Å². The molecule has 1 aliphatic carbocycles. The number of carbonyl (C=O) groups is 1. The monoisotopic (exact) mass is 415 g/mol. The molecule has 0 spiro atoms. The fraction of sp³-hybridized carbons (Fsp3) is 0.227. The third kappa shape index (κ3) is 3.65. The predicted molar refractivity (Wildman–Crippen MR) is 117 cm³/mol. The highest BCUT2D eigenvalue weighted by molar-refractivity contribution is 5.92. The van der Waals surface area contributed by atoms with Crippen LogP contribution >= 0.6 is 0 Å². The van der Waals surface area contributed by atoms with E-state index in [0.29, 0.717) is 5.69 Å². The highest BCUT2D eigenvalue weighted by Gasteiger charge is 2.18. The number of carbonyl (C=O) groups excluding carboxylic acids is 1. The van der Waals surface area contributed by atoms with E-state index in [1.54, 1.807) is 28.8 Å². The van der Waals surface area contributed by atoms with Crippen LogP contribution < -0.4 is 11.0 Å². The van der Waals surface area contributed by atoms with Crippen molar-refractivity contribution in [3.63, 3.8) is 0 Å². The van der Waals surface area contributed by atoms with Crippen molar-refractivity contribution in [2.45, 2.75) is 32.2 Å². The number of nitrogens with one attached hydrogen (secondary N) is 1. The first-order chi connectivity index (χ1) is 15.2. The largest absolute Gasteiger partial charge is 0.333 e. The molecular formula is C22H21N7O2. The van der Waals surface area contributed by atoms with Crippen molar-refractivity contribution in [1.29, 1.82) is 0 Å². The summed E-state index contributed by atoms with van der Waals surface area (Å²) < 4.78 is 4.82. The van der Waals surface area contributed by atoms with Gasteiger partial charge in [0.1, 0.15) is 12.9 Å². The summed E-state index contributed by atoms with van der Waals surface area (Å²) >= 11 is 0.